The highest BCUT2D eigenvalue weighted by Gasteiger charge is 2.32. The second-order valence-electron chi connectivity index (χ2n) is 5.46. The summed E-state index contributed by atoms with van der Waals surface area (Å²) in [6.45, 7) is 0.303. The molecular formula is C20H14BrF3O2. The Labute approximate surface area is 157 Å². The lowest BCUT2D eigenvalue weighted by Gasteiger charge is -2.16. The van der Waals surface area contributed by atoms with Crippen molar-refractivity contribution >= 4 is 15.9 Å². The van der Waals surface area contributed by atoms with Crippen LogP contribution in [0.1, 0.15) is 5.56 Å². The molecule has 0 bridgehead atoms. The maximum Gasteiger partial charge on any atom is 0.573 e. The molecule has 3 rings (SSSR count). The summed E-state index contributed by atoms with van der Waals surface area (Å²) in [7, 11) is 0. The van der Waals surface area contributed by atoms with Crippen molar-refractivity contribution in [3.05, 3.63) is 82.8 Å². The maximum atomic E-state index is 12.7. The molecular weight excluding hydrogens is 409 g/mol. The lowest BCUT2D eigenvalue weighted by molar-refractivity contribution is -0.274. The molecule has 0 aliphatic rings. The van der Waals surface area contributed by atoms with Crippen molar-refractivity contribution in [2.75, 3.05) is 0 Å². The maximum absolute atomic E-state index is 12.7. The minimum absolute atomic E-state index is 0.275. The Kier molecular flexibility index (Phi) is 5.52. The number of para-hydroxylation sites is 1. The largest absolute Gasteiger partial charge is 0.573 e. The first kappa shape index (κ1) is 18.3. The Balaban J connectivity index is 1.96. The van der Waals surface area contributed by atoms with Crippen LogP contribution in [0.25, 0.3) is 11.1 Å². The molecule has 0 aliphatic carbocycles. The molecule has 0 atom stereocenters. The van der Waals surface area contributed by atoms with E-state index in [1.165, 1.54) is 12.1 Å². The van der Waals surface area contributed by atoms with E-state index in [9.17, 15) is 13.2 Å². The second-order valence-corrected chi connectivity index (χ2v) is 6.37. The first-order valence-corrected chi connectivity index (χ1v) is 8.53. The Morgan fingerprint density at radius 3 is 2.19 bits per heavy atom. The van der Waals surface area contributed by atoms with Crippen LogP contribution in [0.15, 0.2) is 77.3 Å². The van der Waals surface area contributed by atoms with Crippen LogP contribution in [0.4, 0.5) is 13.2 Å². The molecule has 0 amide bonds. The van der Waals surface area contributed by atoms with Crippen molar-refractivity contribution in [1.82, 2.24) is 0 Å². The van der Waals surface area contributed by atoms with Crippen molar-refractivity contribution in [3.63, 3.8) is 0 Å². The Bertz CT molecular complexity index is 880. The van der Waals surface area contributed by atoms with Gasteiger partial charge in [-0.15, -0.1) is 13.2 Å². The molecule has 0 fully saturated rings. The molecule has 0 aliphatic heterocycles. The van der Waals surface area contributed by atoms with Crippen LogP contribution in [0, 0.1) is 0 Å². The fourth-order valence-electron chi connectivity index (χ4n) is 2.48. The van der Waals surface area contributed by atoms with Crippen LogP contribution in [-0.4, -0.2) is 6.36 Å². The van der Waals surface area contributed by atoms with Gasteiger partial charge in [-0.05, 0) is 29.8 Å². The van der Waals surface area contributed by atoms with Gasteiger partial charge in [0, 0.05) is 15.6 Å². The van der Waals surface area contributed by atoms with Gasteiger partial charge in [0.15, 0.2) is 0 Å². The third-order valence-electron chi connectivity index (χ3n) is 3.58. The molecule has 3 aromatic carbocycles. The fraction of sp³-hybridized carbons (Fsp3) is 0.100. The highest BCUT2D eigenvalue weighted by atomic mass is 79.9. The topological polar surface area (TPSA) is 18.5 Å². The van der Waals surface area contributed by atoms with Gasteiger partial charge in [0.1, 0.15) is 18.1 Å². The number of benzene rings is 3. The van der Waals surface area contributed by atoms with Gasteiger partial charge in [-0.25, -0.2) is 0 Å². The van der Waals surface area contributed by atoms with Gasteiger partial charge in [-0.2, -0.15) is 0 Å². The van der Waals surface area contributed by atoms with Crippen LogP contribution < -0.4 is 9.47 Å². The van der Waals surface area contributed by atoms with Crippen LogP contribution in [0.2, 0.25) is 0 Å². The van der Waals surface area contributed by atoms with Gasteiger partial charge in [0.2, 0.25) is 0 Å². The third kappa shape index (κ3) is 4.79. The van der Waals surface area contributed by atoms with Crippen molar-refractivity contribution in [3.8, 4) is 22.6 Å². The zero-order valence-electron chi connectivity index (χ0n) is 13.5. The highest BCUT2D eigenvalue weighted by molar-refractivity contribution is 9.10. The monoisotopic (exact) mass is 422 g/mol. The van der Waals surface area contributed by atoms with E-state index < -0.39 is 6.36 Å². The van der Waals surface area contributed by atoms with Gasteiger partial charge in [-0.1, -0.05) is 64.5 Å². The van der Waals surface area contributed by atoms with E-state index >= 15 is 0 Å². The molecule has 6 heteroatoms. The molecule has 0 saturated carbocycles. The van der Waals surface area contributed by atoms with E-state index in [1.54, 1.807) is 30.3 Å². The molecule has 0 radical (unpaired) electrons. The molecule has 3 aromatic rings. The van der Waals surface area contributed by atoms with Crippen molar-refractivity contribution < 1.29 is 22.6 Å². The van der Waals surface area contributed by atoms with E-state index in [0.717, 1.165) is 10.0 Å². The van der Waals surface area contributed by atoms with Crippen molar-refractivity contribution in [2.24, 2.45) is 0 Å². The van der Waals surface area contributed by atoms with Crippen LogP contribution in [0.5, 0.6) is 11.5 Å². The molecule has 2 nitrogen and oxygen atoms in total. The predicted octanol–water partition coefficient (Wildman–Crippen LogP) is 6.59. The Hall–Kier alpha value is -2.47. The smallest absolute Gasteiger partial charge is 0.488 e. The van der Waals surface area contributed by atoms with Crippen molar-refractivity contribution in [1.29, 1.82) is 0 Å². The summed E-state index contributed by atoms with van der Waals surface area (Å²) in [4.78, 5) is 0. The number of alkyl halides is 3. The molecule has 0 heterocycles. The lowest BCUT2D eigenvalue weighted by Crippen LogP contribution is -2.17. The summed E-state index contributed by atoms with van der Waals surface area (Å²) in [5, 5.41) is 0. The second kappa shape index (κ2) is 7.83. The van der Waals surface area contributed by atoms with E-state index in [-0.39, 0.29) is 5.75 Å². The number of halogens is 4. The molecule has 0 unspecified atom stereocenters. The van der Waals surface area contributed by atoms with Gasteiger partial charge >= 0.3 is 6.36 Å². The molecule has 0 aromatic heterocycles. The minimum Gasteiger partial charge on any atom is -0.488 e. The first-order valence-electron chi connectivity index (χ1n) is 7.74. The average Bonchev–Trinajstić information content (AvgIpc) is 2.61. The summed E-state index contributed by atoms with van der Waals surface area (Å²) < 4.78 is 48.9. The standard InChI is InChI=1S/C20H14BrF3O2/c21-15-10-11-18(25-13-14-6-2-1-3-7-14)17(12-15)16-8-4-5-9-19(16)26-20(22,23)24/h1-12H,13H2. The van der Waals surface area contributed by atoms with E-state index in [2.05, 4.69) is 20.7 Å². The highest BCUT2D eigenvalue weighted by Crippen LogP contribution is 2.40. The first-order chi connectivity index (χ1) is 12.4. The summed E-state index contributed by atoms with van der Waals surface area (Å²) in [6, 6.07) is 20.7. The fourth-order valence-corrected chi connectivity index (χ4v) is 2.84. The van der Waals surface area contributed by atoms with E-state index in [4.69, 9.17) is 4.74 Å². The summed E-state index contributed by atoms with van der Waals surface area (Å²) >= 11 is 3.36. The van der Waals surface area contributed by atoms with Crippen LogP contribution >= 0.6 is 15.9 Å². The van der Waals surface area contributed by atoms with Gasteiger partial charge in [-0.3, -0.25) is 0 Å². The Morgan fingerprint density at radius 1 is 0.769 bits per heavy atom. The predicted molar refractivity (Wildman–Crippen MR) is 97.0 cm³/mol. The van der Waals surface area contributed by atoms with Gasteiger partial charge in [0.25, 0.3) is 0 Å². The summed E-state index contributed by atoms with van der Waals surface area (Å²) in [5.74, 6) is 0.193. The number of ether oxygens (including phenoxy) is 2. The van der Waals surface area contributed by atoms with Crippen molar-refractivity contribution in [2.45, 2.75) is 13.0 Å². The molecule has 134 valence electrons. The molecule has 26 heavy (non-hydrogen) atoms. The quantitative estimate of drug-likeness (QED) is 0.461. The molecule has 0 N–H and O–H groups in total. The number of hydrogen-bond donors (Lipinski definition) is 0. The Morgan fingerprint density at radius 2 is 1.46 bits per heavy atom. The summed E-state index contributed by atoms with van der Waals surface area (Å²) in [5.41, 5.74) is 1.77. The average molecular weight is 423 g/mol. The number of hydrogen-bond acceptors (Lipinski definition) is 2. The SMILES string of the molecule is FC(F)(F)Oc1ccccc1-c1cc(Br)ccc1OCc1ccccc1. The van der Waals surface area contributed by atoms with E-state index in [0.29, 0.717) is 23.5 Å². The van der Waals surface area contributed by atoms with Crippen LogP contribution in [-0.2, 0) is 6.61 Å². The number of rotatable bonds is 5. The normalized spacial score (nSPS) is 11.2. The van der Waals surface area contributed by atoms with Gasteiger partial charge in [0.05, 0.1) is 0 Å². The molecule has 0 spiro atoms. The molecule has 0 saturated heterocycles. The third-order valence-corrected chi connectivity index (χ3v) is 4.07. The van der Waals surface area contributed by atoms with Gasteiger partial charge < -0.3 is 9.47 Å². The lowest BCUT2D eigenvalue weighted by atomic mass is 10.0. The van der Waals surface area contributed by atoms with Crippen LogP contribution in [0.3, 0.4) is 0 Å². The van der Waals surface area contributed by atoms with E-state index in [1.807, 2.05) is 30.3 Å². The zero-order chi connectivity index (χ0) is 18.6. The summed E-state index contributed by atoms with van der Waals surface area (Å²) in [6.07, 6.45) is -4.77. The zero-order valence-corrected chi connectivity index (χ0v) is 15.0. The minimum atomic E-state index is -4.77.